The van der Waals surface area contributed by atoms with Crippen LogP contribution in [0.2, 0.25) is 0 Å². The van der Waals surface area contributed by atoms with E-state index < -0.39 is 10.0 Å². The molecule has 0 bridgehead atoms. The highest BCUT2D eigenvalue weighted by Gasteiger charge is 2.26. The molecule has 0 saturated heterocycles. The number of hydrogen-bond donors (Lipinski definition) is 1. The van der Waals surface area contributed by atoms with Gasteiger partial charge in [-0.05, 0) is 48.9 Å². The molecule has 1 aromatic heterocycles. The molecule has 3 aromatic rings. The van der Waals surface area contributed by atoms with Gasteiger partial charge >= 0.3 is 0 Å². The number of benzene rings is 2. The second-order valence-electron chi connectivity index (χ2n) is 6.59. The largest absolute Gasteiger partial charge is 0.497 e. The van der Waals surface area contributed by atoms with Crippen molar-refractivity contribution in [3.8, 4) is 5.75 Å². The lowest BCUT2D eigenvalue weighted by Gasteiger charge is -2.26. The Morgan fingerprint density at radius 2 is 2.04 bits per heavy atom. The molecule has 1 N–H and O–H groups in total. The van der Waals surface area contributed by atoms with Gasteiger partial charge in [0.2, 0.25) is 10.0 Å². The maximum absolute atomic E-state index is 12.6. The van der Waals surface area contributed by atoms with Crippen molar-refractivity contribution in [2.75, 3.05) is 20.3 Å². The van der Waals surface area contributed by atoms with Crippen molar-refractivity contribution in [3.63, 3.8) is 0 Å². The standard InChI is InChI=1S/C19H21N3O4S/c1-13-3-8-18-17(9-13)21-19-12-26-11-14(22(18)19)10-20-27(23,24)16-6-4-15(25-2)5-7-16/h3-9,14,20H,10-12H2,1-2H3/t14-/m0/s1. The number of methoxy groups -OCH3 is 1. The van der Waals surface area contributed by atoms with Crippen LogP contribution in [0.3, 0.4) is 0 Å². The predicted molar refractivity (Wildman–Crippen MR) is 101 cm³/mol. The number of hydrogen-bond acceptors (Lipinski definition) is 5. The number of imidazole rings is 1. The quantitative estimate of drug-likeness (QED) is 0.727. The van der Waals surface area contributed by atoms with Gasteiger partial charge in [0, 0.05) is 6.54 Å². The van der Waals surface area contributed by atoms with E-state index in [-0.39, 0.29) is 17.5 Å². The van der Waals surface area contributed by atoms with Gasteiger partial charge in [-0.25, -0.2) is 18.1 Å². The number of sulfonamides is 1. The molecule has 1 aliphatic heterocycles. The Hall–Kier alpha value is -2.42. The maximum atomic E-state index is 12.6. The Kier molecular flexibility index (Phi) is 4.63. The molecule has 0 aliphatic carbocycles. The van der Waals surface area contributed by atoms with Crippen LogP contribution in [-0.2, 0) is 21.4 Å². The van der Waals surface area contributed by atoms with Gasteiger partial charge in [-0.15, -0.1) is 0 Å². The van der Waals surface area contributed by atoms with Gasteiger partial charge in [-0.1, -0.05) is 6.07 Å². The summed E-state index contributed by atoms with van der Waals surface area (Å²) < 4.78 is 40.7. The van der Waals surface area contributed by atoms with Crippen LogP contribution in [0.4, 0.5) is 0 Å². The summed E-state index contributed by atoms with van der Waals surface area (Å²) in [7, 11) is -2.08. The Morgan fingerprint density at radius 1 is 1.26 bits per heavy atom. The SMILES string of the molecule is COc1ccc(S(=O)(=O)NC[C@H]2COCc3nc4cc(C)ccc4n32)cc1. The summed E-state index contributed by atoms with van der Waals surface area (Å²) in [4.78, 5) is 4.83. The van der Waals surface area contributed by atoms with Gasteiger partial charge in [0.1, 0.15) is 18.2 Å². The molecule has 2 heterocycles. The van der Waals surface area contributed by atoms with Gasteiger partial charge in [-0.3, -0.25) is 0 Å². The zero-order chi connectivity index (χ0) is 19.0. The third kappa shape index (κ3) is 3.43. The topological polar surface area (TPSA) is 82.5 Å². The van der Waals surface area contributed by atoms with Crippen LogP contribution in [0.5, 0.6) is 5.75 Å². The summed E-state index contributed by atoms with van der Waals surface area (Å²) in [5, 5.41) is 0. The molecule has 2 aromatic carbocycles. The second kappa shape index (κ2) is 6.95. The Bertz CT molecular complexity index is 1070. The molecule has 0 radical (unpaired) electrons. The monoisotopic (exact) mass is 387 g/mol. The first kappa shape index (κ1) is 18.0. The molecule has 0 amide bonds. The van der Waals surface area contributed by atoms with Crippen molar-refractivity contribution in [2.45, 2.75) is 24.5 Å². The minimum Gasteiger partial charge on any atom is -0.497 e. The number of ether oxygens (including phenoxy) is 2. The third-order valence-corrected chi connectivity index (χ3v) is 6.14. The summed E-state index contributed by atoms with van der Waals surface area (Å²) in [5.41, 5.74) is 3.03. The summed E-state index contributed by atoms with van der Waals surface area (Å²) >= 11 is 0. The van der Waals surface area contributed by atoms with Crippen LogP contribution >= 0.6 is 0 Å². The van der Waals surface area contributed by atoms with E-state index in [2.05, 4.69) is 14.3 Å². The number of fused-ring (bicyclic) bond motifs is 3. The highest BCUT2D eigenvalue weighted by Crippen LogP contribution is 2.26. The van der Waals surface area contributed by atoms with Crippen LogP contribution < -0.4 is 9.46 Å². The highest BCUT2D eigenvalue weighted by molar-refractivity contribution is 7.89. The number of rotatable bonds is 5. The van der Waals surface area contributed by atoms with Crippen LogP contribution in [-0.4, -0.2) is 38.2 Å². The lowest BCUT2D eigenvalue weighted by atomic mass is 10.2. The minimum absolute atomic E-state index is 0.158. The maximum Gasteiger partial charge on any atom is 0.240 e. The molecule has 0 unspecified atom stereocenters. The van der Waals surface area contributed by atoms with Crippen molar-refractivity contribution in [2.24, 2.45) is 0 Å². The number of aryl methyl sites for hydroxylation is 1. The zero-order valence-electron chi connectivity index (χ0n) is 15.2. The number of nitrogens with zero attached hydrogens (tertiary/aromatic N) is 2. The summed E-state index contributed by atoms with van der Waals surface area (Å²) in [6.45, 7) is 3.10. The van der Waals surface area contributed by atoms with Gasteiger partial charge in [-0.2, -0.15) is 0 Å². The van der Waals surface area contributed by atoms with Crippen molar-refractivity contribution in [1.29, 1.82) is 0 Å². The van der Waals surface area contributed by atoms with E-state index in [1.807, 2.05) is 25.1 Å². The average Bonchev–Trinajstić information content (AvgIpc) is 3.04. The van der Waals surface area contributed by atoms with Crippen molar-refractivity contribution < 1.29 is 17.9 Å². The number of aromatic nitrogens is 2. The minimum atomic E-state index is -3.63. The molecule has 142 valence electrons. The van der Waals surface area contributed by atoms with Crippen molar-refractivity contribution in [3.05, 3.63) is 53.9 Å². The van der Waals surface area contributed by atoms with Crippen LogP contribution in [0.1, 0.15) is 17.4 Å². The Morgan fingerprint density at radius 3 is 2.78 bits per heavy atom. The van der Waals surface area contributed by atoms with Crippen LogP contribution in [0.15, 0.2) is 47.4 Å². The van der Waals surface area contributed by atoms with Gasteiger partial charge < -0.3 is 14.0 Å². The number of nitrogens with one attached hydrogen (secondary N) is 1. The molecule has 0 saturated carbocycles. The Labute approximate surface area is 158 Å². The van der Waals surface area contributed by atoms with E-state index in [1.54, 1.807) is 19.2 Å². The van der Waals surface area contributed by atoms with E-state index in [4.69, 9.17) is 9.47 Å². The van der Waals surface area contributed by atoms with Crippen molar-refractivity contribution in [1.82, 2.24) is 14.3 Å². The fraction of sp³-hybridized carbons (Fsp3) is 0.316. The lowest BCUT2D eigenvalue weighted by molar-refractivity contribution is 0.0581. The fourth-order valence-electron chi connectivity index (χ4n) is 3.32. The molecule has 27 heavy (non-hydrogen) atoms. The molecular formula is C19H21N3O4S. The van der Waals surface area contributed by atoms with E-state index >= 15 is 0 Å². The first-order valence-corrected chi connectivity index (χ1v) is 10.2. The van der Waals surface area contributed by atoms with E-state index in [0.717, 1.165) is 22.4 Å². The molecule has 1 aliphatic rings. The van der Waals surface area contributed by atoms with Gasteiger partial charge in [0.15, 0.2) is 0 Å². The lowest BCUT2D eigenvalue weighted by Crippen LogP contribution is -2.35. The second-order valence-corrected chi connectivity index (χ2v) is 8.35. The first-order chi connectivity index (χ1) is 13.0. The molecule has 0 fully saturated rings. The van der Waals surface area contributed by atoms with Crippen LogP contribution in [0, 0.1) is 6.92 Å². The normalized spacial score (nSPS) is 17.0. The Balaban J connectivity index is 1.58. The molecule has 4 rings (SSSR count). The van der Waals surface area contributed by atoms with E-state index in [1.165, 1.54) is 12.1 Å². The van der Waals surface area contributed by atoms with Crippen LogP contribution in [0.25, 0.3) is 11.0 Å². The van der Waals surface area contributed by atoms with E-state index in [9.17, 15) is 8.42 Å². The zero-order valence-corrected chi connectivity index (χ0v) is 16.0. The molecule has 1 atom stereocenters. The fourth-order valence-corrected chi connectivity index (χ4v) is 4.40. The molecule has 7 nitrogen and oxygen atoms in total. The summed E-state index contributed by atoms with van der Waals surface area (Å²) in [5.74, 6) is 1.43. The predicted octanol–water partition coefficient (Wildman–Crippen LogP) is 2.40. The third-order valence-electron chi connectivity index (χ3n) is 4.70. The highest BCUT2D eigenvalue weighted by atomic mass is 32.2. The summed E-state index contributed by atoms with van der Waals surface area (Å²) in [6.07, 6.45) is 0. The van der Waals surface area contributed by atoms with Gasteiger partial charge in [0.25, 0.3) is 0 Å². The van der Waals surface area contributed by atoms with E-state index in [0.29, 0.717) is 19.0 Å². The molecular weight excluding hydrogens is 366 g/mol. The summed E-state index contributed by atoms with van der Waals surface area (Å²) in [6, 6.07) is 12.2. The molecule has 0 spiro atoms. The smallest absolute Gasteiger partial charge is 0.240 e. The average molecular weight is 387 g/mol. The molecule has 8 heteroatoms. The van der Waals surface area contributed by atoms with Gasteiger partial charge in [0.05, 0.1) is 35.7 Å². The first-order valence-electron chi connectivity index (χ1n) is 8.67. The van der Waals surface area contributed by atoms with Crippen molar-refractivity contribution >= 4 is 21.1 Å².